The fraction of sp³-hybridized carbons (Fsp3) is 0.290. The van der Waals surface area contributed by atoms with Crippen molar-refractivity contribution in [2.24, 2.45) is 0 Å². The minimum atomic E-state index is 0.367. The molecule has 3 nitrogen and oxygen atoms in total. The third-order valence-corrected chi connectivity index (χ3v) is 6.31. The van der Waals surface area contributed by atoms with Crippen molar-refractivity contribution in [3.8, 4) is 6.07 Å². The van der Waals surface area contributed by atoms with Gasteiger partial charge in [-0.15, -0.1) is 0 Å². The van der Waals surface area contributed by atoms with E-state index in [1.807, 2.05) is 10.8 Å². The summed E-state index contributed by atoms with van der Waals surface area (Å²) in [4.78, 5) is 4.36. The minimum absolute atomic E-state index is 0.367. The Morgan fingerprint density at radius 3 is 2.11 bits per heavy atom. The van der Waals surface area contributed by atoms with Gasteiger partial charge in [-0.1, -0.05) is 129 Å². The molecule has 0 fully saturated rings. The van der Waals surface area contributed by atoms with Gasteiger partial charge in [0.1, 0.15) is 12.4 Å². The van der Waals surface area contributed by atoms with Crippen LogP contribution in [0.25, 0.3) is 0 Å². The van der Waals surface area contributed by atoms with Crippen LogP contribution in [0.5, 0.6) is 0 Å². The highest BCUT2D eigenvalue weighted by Crippen LogP contribution is 2.13. The summed E-state index contributed by atoms with van der Waals surface area (Å²) in [6, 6.07) is 32.1. The Bertz CT molecular complexity index is 1120. The minimum Gasteiger partial charge on any atom is -0.321 e. The Kier molecular flexibility index (Phi) is 10.9. The SMILES string of the molecule is CB(c1ccccc1)c1ccccc1.CCCCCCc1cccc(Cc2nccn2CC#N)c1. The molecule has 35 heavy (non-hydrogen) atoms. The summed E-state index contributed by atoms with van der Waals surface area (Å²) in [5, 5.41) is 8.81. The monoisotopic (exact) mass is 461 g/mol. The highest BCUT2D eigenvalue weighted by Gasteiger charge is 2.10. The van der Waals surface area contributed by atoms with Crippen molar-refractivity contribution in [3.63, 3.8) is 0 Å². The molecule has 0 spiro atoms. The number of rotatable bonds is 10. The molecular formula is C31H36BN3. The zero-order chi connectivity index (χ0) is 24.7. The van der Waals surface area contributed by atoms with E-state index in [1.165, 1.54) is 47.7 Å². The molecule has 0 atom stereocenters. The Morgan fingerprint density at radius 1 is 0.829 bits per heavy atom. The quantitative estimate of drug-likeness (QED) is 0.213. The van der Waals surface area contributed by atoms with Gasteiger partial charge in [-0.25, -0.2) is 4.98 Å². The van der Waals surface area contributed by atoms with Crippen LogP contribution in [0.4, 0.5) is 0 Å². The van der Waals surface area contributed by atoms with E-state index in [4.69, 9.17) is 5.26 Å². The highest BCUT2D eigenvalue weighted by atomic mass is 15.1. The smallest absolute Gasteiger partial charge is 0.206 e. The van der Waals surface area contributed by atoms with E-state index in [2.05, 4.69) is 110 Å². The number of benzene rings is 3. The molecule has 0 aliphatic carbocycles. The van der Waals surface area contributed by atoms with Gasteiger partial charge in [0.05, 0.1) is 6.07 Å². The second kappa shape index (κ2) is 14.6. The molecule has 1 heterocycles. The molecule has 0 unspecified atom stereocenters. The first kappa shape index (κ1) is 26.0. The van der Waals surface area contributed by atoms with Crippen LogP contribution in [-0.4, -0.2) is 16.3 Å². The van der Waals surface area contributed by atoms with E-state index in [-0.39, 0.29) is 0 Å². The molecule has 0 saturated heterocycles. The van der Waals surface area contributed by atoms with Crippen LogP contribution >= 0.6 is 0 Å². The molecule has 0 radical (unpaired) electrons. The second-order valence-electron chi connectivity index (χ2n) is 8.98. The third kappa shape index (κ3) is 8.61. The topological polar surface area (TPSA) is 41.6 Å². The van der Waals surface area contributed by atoms with Crippen molar-refractivity contribution >= 4 is 17.6 Å². The maximum Gasteiger partial charge on any atom is 0.206 e. The lowest BCUT2D eigenvalue weighted by atomic mass is 9.43. The van der Waals surface area contributed by atoms with Gasteiger partial charge in [-0.3, -0.25) is 0 Å². The van der Waals surface area contributed by atoms with E-state index >= 15 is 0 Å². The average molecular weight is 461 g/mol. The van der Waals surface area contributed by atoms with Crippen LogP contribution < -0.4 is 10.9 Å². The fourth-order valence-electron chi connectivity index (χ4n) is 4.24. The number of imidazole rings is 1. The molecule has 0 aliphatic rings. The molecule has 178 valence electrons. The molecule has 0 amide bonds. The van der Waals surface area contributed by atoms with Crippen LogP contribution in [0.1, 0.15) is 49.6 Å². The summed E-state index contributed by atoms with van der Waals surface area (Å²) < 4.78 is 1.91. The first-order valence-electron chi connectivity index (χ1n) is 12.8. The maximum atomic E-state index is 8.81. The highest BCUT2D eigenvalue weighted by molar-refractivity contribution is 6.84. The number of nitrogens with zero attached hydrogens (tertiary/aromatic N) is 3. The van der Waals surface area contributed by atoms with Crippen LogP contribution in [0.15, 0.2) is 97.3 Å². The molecule has 1 aromatic heterocycles. The van der Waals surface area contributed by atoms with Crippen molar-refractivity contribution in [2.45, 2.75) is 58.8 Å². The molecule has 3 aromatic carbocycles. The van der Waals surface area contributed by atoms with Crippen LogP contribution in [-0.2, 0) is 19.4 Å². The Hall–Kier alpha value is -3.58. The van der Waals surface area contributed by atoms with Crippen molar-refractivity contribution in [3.05, 3.63) is 114 Å². The summed E-state index contributed by atoms with van der Waals surface area (Å²) in [7, 11) is 0. The van der Waals surface area contributed by atoms with Gasteiger partial charge in [-0.05, 0) is 24.0 Å². The average Bonchev–Trinajstić information content (AvgIpc) is 3.34. The lowest BCUT2D eigenvalue weighted by Crippen LogP contribution is -2.38. The number of nitriles is 1. The molecule has 0 saturated carbocycles. The van der Waals surface area contributed by atoms with Crippen molar-refractivity contribution in [2.75, 3.05) is 0 Å². The van der Waals surface area contributed by atoms with E-state index in [0.29, 0.717) is 13.3 Å². The lowest BCUT2D eigenvalue weighted by Gasteiger charge is -2.08. The number of unbranched alkanes of at least 4 members (excludes halogenated alkanes) is 3. The second-order valence-corrected chi connectivity index (χ2v) is 8.98. The molecule has 0 N–H and O–H groups in total. The fourth-order valence-corrected chi connectivity index (χ4v) is 4.24. The zero-order valence-corrected chi connectivity index (χ0v) is 21.1. The van der Waals surface area contributed by atoms with E-state index in [0.717, 1.165) is 18.7 Å². The van der Waals surface area contributed by atoms with Crippen LogP contribution in [0.2, 0.25) is 6.82 Å². The summed E-state index contributed by atoms with van der Waals surface area (Å²) in [6.07, 6.45) is 10.8. The number of hydrogen-bond donors (Lipinski definition) is 0. The molecule has 0 aliphatic heterocycles. The maximum absolute atomic E-state index is 8.81. The van der Waals surface area contributed by atoms with Crippen molar-refractivity contribution < 1.29 is 0 Å². The van der Waals surface area contributed by atoms with Crippen molar-refractivity contribution in [1.29, 1.82) is 5.26 Å². The number of aromatic nitrogens is 2. The van der Waals surface area contributed by atoms with Gasteiger partial charge < -0.3 is 4.57 Å². The van der Waals surface area contributed by atoms with E-state index < -0.39 is 0 Å². The standard InChI is InChI=1S/C18H23N3.C13H13B/c1-2-3-4-5-7-16-8-6-9-17(14-16)15-18-20-11-13-21(18)12-10-19;1-14(12-8-4-2-5-9-12)13-10-6-3-7-11-13/h6,8-9,11,13-14H,2-5,7,12,15H2,1H3;2-11H,1H3. The third-order valence-electron chi connectivity index (χ3n) is 6.31. The van der Waals surface area contributed by atoms with Crippen molar-refractivity contribution in [1.82, 2.24) is 9.55 Å². The van der Waals surface area contributed by atoms with E-state index in [1.54, 1.807) is 6.20 Å². The number of hydrogen-bond acceptors (Lipinski definition) is 2. The normalized spacial score (nSPS) is 10.2. The summed E-state index contributed by atoms with van der Waals surface area (Å²) in [6.45, 7) is 5.33. The predicted octanol–water partition coefficient (Wildman–Crippen LogP) is 6.05. The van der Waals surface area contributed by atoms with Gasteiger partial charge in [0, 0.05) is 18.8 Å². The summed E-state index contributed by atoms with van der Waals surface area (Å²) in [5.74, 6) is 0.958. The van der Waals surface area contributed by atoms with Crippen LogP contribution in [0.3, 0.4) is 0 Å². The molecular weight excluding hydrogens is 425 g/mol. The van der Waals surface area contributed by atoms with Crippen LogP contribution in [0, 0.1) is 11.3 Å². The van der Waals surface area contributed by atoms with E-state index in [9.17, 15) is 0 Å². The molecule has 4 heteroatoms. The molecule has 0 bridgehead atoms. The van der Waals surface area contributed by atoms with Gasteiger partial charge in [0.2, 0.25) is 6.71 Å². The summed E-state index contributed by atoms with van der Waals surface area (Å²) >= 11 is 0. The predicted molar refractivity (Wildman–Crippen MR) is 149 cm³/mol. The van der Waals surface area contributed by atoms with Gasteiger partial charge in [-0.2, -0.15) is 5.26 Å². The number of aryl methyl sites for hydroxylation is 1. The Morgan fingerprint density at radius 2 is 1.49 bits per heavy atom. The first-order chi connectivity index (χ1) is 17.2. The largest absolute Gasteiger partial charge is 0.321 e. The summed E-state index contributed by atoms with van der Waals surface area (Å²) in [5.41, 5.74) is 5.42. The van der Waals surface area contributed by atoms with Gasteiger partial charge in [0.25, 0.3) is 0 Å². The molecule has 4 rings (SSSR count). The van der Waals surface area contributed by atoms with Gasteiger partial charge in [0.15, 0.2) is 0 Å². The van der Waals surface area contributed by atoms with Gasteiger partial charge >= 0.3 is 0 Å². The lowest BCUT2D eigenvalue weighted by molar-refractivity contribution is 0.666. The Balaban J connectivity index is 0.000000211. The first-order valence-corrected chi connectivity index (χ1v) is 12.8. The zero-order valence-electron chi connectivity index (χ0n) is 21.1. The Labute approximate surface area is 211 Å². The molecule has 4 aromatic rings.